The first-order valence-corrected chi connectivity index (χ1v) is 6.05. The molecule has 1 aromatic heterocycles. The molecule has 1 aliphatic heterocycles. The molecule has 1 fully saturated rings. The van der Waals surface area contributed by atoms with Crippen LogP contribution in [0.1, 0.15) is 12.8 Å². The number of hydrogen-bond acceptors (Lipinski definition) is 5. The predicted molar refractivity (Wildman–Crippen MR) is 66.8 cm³/mol. The van der Waals surface area contributed by atoms with Crippen molar-refractivity contribution in [2.45, 2.75) is 12.8 Å². The SMILES string of the molecule is Cn1nc(NCC2CCOCC2)c(=O)n(C)c1=O. The van der Waals surface area contributed by atoms with Gasteiger partial charge < -0.3 is 10.1 Å². The molecule has 1 N–H and O–H groups in total. The summed E-state index contributed by atoms with van der Waals surface area (Å²) in [5.41, 5.74) is -0.804. The molecule has 0 amide bonds. The Morgan fingerprint density at radius 3 is 2.67 bits per heavy atom. The molecule has 18 heavy (non-hydrogen) atoms. The minimum atomic E-state index is -0.420. The fourth-order valence-electron chi connectivity index (χ4n) is 2.00. The average molecular weight is 254 g/mol. The molecule has 2 rings (SSSR count). The van der Waals surface area contributed by atoms with Crippen LogP contribution in [-0.4, -0.2) is 34.1 Å². The third kappa shape index (κ3) is 2.61. The molecule has 0 atom stereocenters. The van der Waals surface area contributed by atoms with Crippen LogP contribution in [0, 0.1) is 5.92 Å². The quantitative estimate of drug-likeness (QED) is 0.773. The van der Waals surface area contributed by atoms with E-state index in [4.69, 9.17) is 4.74 Å². The highest BCUT2D eigenvalue weighted by Gasteiger charge is 2.15. The molecule has 1 aliphatic rings. The molecular weight excluding hydrogens is 236 g/mol. The maximum atomic E-state index is 11.8. The van der Waals surface area contributed by atoms with Crippen molar-refractivity contribution in [3.63, 3.8) is 0 Å². The third-order valence-electron chi connectivity index (χ3n) is 3.22. The van der Waals surface area contributed by atoms with Gasteiger partial charge in [0, 0.05) is 33.9 Å². The Labute approximate surface area is 104 Å². The lowest BCUT2D eigenvalue weighted by atomic mass is 10.0. The van der Waals surface area contributed by atoms with Gasteiger partial charge in [-0.25, -0.2) is 9.48 Å². The van der Waals surface area contributed by atoms with Crippen molar-refractivity contribution in [2.75, 3.05) is 25.1 Å². The maximum absolute atomic E-state index is 11.8. The fraction of sp³-hybridized carbons (Fsp3) is 0.727. The van der Waals surface area contributed by atoms with Crippen LogP contribution in [0.15, 0.2) is 9.59 Å². The highest BCUT2D eigenvalue weighted by Crippen LogP contribution is 2.14. The summed E-state index contributed by atoms with van der Waals surface area (Å²) in [5, 5.41) is 6.98. The van der Waals surface area contributed by atoms with E-state index in [-0.39, 0.29) is 11.4 Å². The zero-order chi connectivity index (χ0) is 13.1. The Kier molecular flexibility index (Phi) is 3.81. The summed E-state index contributed by atoms with van der Waals surface area (Å²) in [6.45, 7) is 2.22. The van der Waals surface area contributed by atoms with Crippen molar-refractivity contribution in [3.05, 3.63) is 20.8 Å². The van der Waals surface area contributed by atoms with Crippen molar-refractivity contribution >= 4 is 5.82 Å². The molecule has 0 bridgehead atoms. The van der Waals surface area contributed by atoms with Crippen molar-refractivity contribution < 1.29 is 4.74 Å². The Balaban J connectivity index is 2.10. The van der Waals surface area contributed by atoms with E-state index >= 15 is 0 Å². The summed E-state index contributed by atoms with van der Waals surface area (Å²) < 4.78 is 7.49. The molecule has 1 aromatic rings. The minimum Gasteiger partial charge on any atom is -0.381 e. The predicted octanol–water partition coefficient (Wildman–Crippen LogP) is -0.682. The van der Waals surface area contributed by atoms with Gasteiger partial charge in [-0.05, 0) is 18.8 Å². The van der Waals surface area contributed by atoms with Crippen LogP contribution in [0.2, 0.25) is 0 Å². The topological polar surface area (TPSA) is 78.2 Å². The van der Waals surface area contributed by atoms with Crippen molar-refractivity contribution in [2.24, 2.45) is 20.0 Å². The van der Waals surface area contributed by atoms with E-state index in [9.17, 15) is 9.59 Å². The number of nitrogens with zero attached hydrogens (tertiary/aromatic N) is 3. The molecule has 0 aliphatic carbocycles. The summed E-state index contributed by atoms with van der Waals surface area (Å²) in [7, 11) is 2.98. The average Bonchev–Trinajstić information content (AvgIpc) is 2.40. The van der Waals surface area contributed by atoms with E-state index in [0.29, 0.717) is 12.5 Å². The van der Waals surface area contributed by atoms with Crippen molar-refractivity contribution in [1.29, 1.82) is 0 Å². The van der Waals surface area contributed by atoms with Gasteiger partial charge in [-0.1, -0.05) is 0 Å². The van der Waals surface area contributed by atoms with E-state index in [2.05, 4.69) is 10.4 Å². The molecule has 7 nitrogen and oxygen atoms in total. The Hall–Kier alpha value is -1.63. The Morgan fingerprint density at radius 2 is 2.00 bits per heavy atom. The van der Waals surface area contributed by atoms with Gasteiger partial charge >= 0.3 is 5.69 Å². The number of hydrogen-bond donors (Lipinski definition) is 1. The summed E-state index contributed by atoms with van der Waals surface area (Å²) >= 11 is 0. The lowest BCUT2D eigenvalue weighted by Gasteiger charge is -2.22. The smallest absolute Gasteiger partial charge is 0.346 e. The van der Waals surface area contributed by atoms with Crippen molar-refractivity contribution in [1.82, 2.24) is 14.3 Å². The molecule has 2 heterocycles. The molecule has 1 saturated heterocycles. The van der Waals surface area contributed by atoms with E-state index in [0.717, 1.165) is 35.3 Å². The number of rotatable bonds is 3. The first kappa shape index (κ1) is 12.8. The van der Waals surface area contributed by atoms with Gasteiger partial charge in [0.25, 0.3) is 5.56 Å². The Morgan fingerprint density at radius 1 is 1.33 bits per heavy atom. The first-order valence-electron chi connectivity index (χ1n) is 6.05. The van der Waals surface area contributed by atoms with Crippen LogP contribution in [0.3, 0.4) is 0 Å². The van der Waals surface area contributed by atoms with Gasteiger partial charge in [-0.15, -0.1) is 5.10 Å². The largest absolute Gasteiger partial charge is 0.381 e. The summed E-state index contributed by atoms with van der Waals surface area (Å²) in [6.07, 6.45) is 1.97. The summed E-state index contributed by atoms with van der Waals surface area (Å²) in [5.74, 6) is 0.716. The summed E-state index contributed by atoms with van der Waals surface area (Å²) in [6, 6.07) is 0. The second-order valence-corrected chi connectivity index (χ2v) is 4.56. The second-order valence-electron chi connectivity index (χ2n) is 4.56. The molecule has 7 heteroatoms. The lowest BCUT2D eigenvalue weighted by molar-refractivity contribution is 0.0699. The van der Waals surface area contributed by atoms with Crippen LogP contribution < -0.4 is 16.6 Å². The van der Waals surface area contributed by atoms with Crippen LogP contribution in [0.5, 0.6) is 0 Å². The molecule has 0 spiro atoms. The first-order chi connectivity index (χ1) is 8.59. The molecule has 100 valence electrons. The number of aryl methyl sites for hydroxylation is 1. The maximum Gasteiger partial charge on any atom is 0.346 e. The van der Waals surface area contributed by atoms with Crippen LogP contribution >= 0.6 is 0 Å². The zero-order valence-electron chi connectivity index (χ0n) is 10.7. The Bertz CT molecular complexity index is 528. The molecule has 0 saturated carbocycles. The summed E-state index contributed by atoms with van der Waals surface area (Å²) in [4.78, 5) is 23.3. The lowest BCUT2D eigenvalue weighted by Crippen LogP contribution is -2.40. The highest BCUT2D eigenvalue weighted by molar-refractivity contribution is 5.29. The van der Waals surface area contributed by atoms with Crippen LogP contribution in [0.25, 0.3) is 0 Å². The van der Waals surface area contributed by atoms with Gasteiger partial charge in [0.15, 0.2) is 0 Å². The van der Waals surface area contributed by atoms with Crippen LogP contribution in [0.4, 0.5) is 5.82 Å². The number of anilines is 1. The second kappa shape index (κ2) is 5.34. The molecular formula is C11H18N4O3. The number of nitrogens with one attached hydrogen (secondary N) is 1. The van der Waals surface area contributed by atoms with Gasteiger partial charge in [0.2, 0.25) is 5.82 Å². The zero-order valence-corrected chi connectivity index (χ0v) is 10.7. The third-order valence-corrected chi connectivity index (χ3v) is 3.22. The number of ether oxygens (including phenoxy) is 1. The monoisotopic (exact) mass is 254 g/mol. The van der Waals surface area contributed by atoms with Crippen molar-refractivity contribution in [3.8, 4) is 0 Å². The van der Waals surface area contributed by atoms with E-state index in [1.165, 1.54) is 14.1 Å². The van der Waals surface area contributed by atoms with E-state index < -0.39 is 5.69 Å². The van der Waals surface area contributed by atoms with E-state index in [1.54, 1.807) is 0 Å². The molecule has 0 unspecified atom stereocenters. The van der Waals surface area contributed by atoms with Gasteiger partial charge in [-0.3, -0.25) is 9.36 Å². The van der Waals surface area contributed by atoms with Gasteiger partial charge in [0.1, 0.15) is 0 Å². The fourth-order valence-corrected chi connectivity index (χ4v) is 2.00. The van der Waals surface area contributed by atoms with Gasteiger partial charge in [0.05, 0.1) is 0 Å². The number of aromatic nitrogens is 3. The highest BCUT2D eigenvalue weighted by atomic mass is 16.5. The minimum absolute atomic E-state index is 0.228. The van der Waals surface area contributed by atoms with Crippen LogP contribution in [-0.2, 0) is 18.8 Å². The normalized spacial score (nSPS) is 16.8. The van der Waals surface area contributed by atoms with Gasteiger partial charge in [-0.2, -0.15) is 0 Å². The van der Waals surface area contributed by atoms with E-state index in [1.807, 2.05) is 0 Å². The molecule has 0 aromatic carbocycles. The molecule has 0 radical (unpaired) electrons. The standard InChI is InChI=1S/C11H18N4O3/c1-14-10(16)9(13-15(2)11(14)17)12-7-8-3-5-18-6-4-8/h8H,3-7H2,1-2H3,(H,12,13).